The lowest BCUT2D eigenvalue weighted by Crippen LogP contribution is -2.47. The van der Waals surface area contributed by atoms with Crippen molar-refractivity contribution in [2.75, 3.05) is 18.4 Å². The zero-order valence-corrected chi connectivity index (χ0v) is 15.2. The molecule has 25 heavy (non-hydrogen) atoms. The Labute approximate surface area is 148 Å². The first kappa shape index (κ1) is 19.0. The van der Waals surface area contributed by atoms with E-state index in [4.69, 9.17) is 0 Å². The number of piperidine rings is 1. The summed E-state index contributed by atoms with van der Waals surface area (Å²) in [4.78, 5) is 37.4. The van der Waals surface area contributed by atoms with Crippen molar-refractivity contribution in [2.24, 2.45) is 17.3 Å². The van der Waals surface area contributed by atoms with E-state index in [9.17, 15) is 19.5 Å². The van der Waals surface area contributed by atoms with E-state index in [0.29, 0.717) is 24.2 Å². The predicted octanol–water partition coefficient (Wildman–Crippen LogP) is 3.49. The number of aliphatic carboxylic acids is 1. The van der Waals surface area contributed by atoms with Crippen LogP contribution in [-0.4, -0.2) is 40.9 Å². The van der Waals surface area contributed by atoms with Gasteiger partial charge < -0.3 is 15.3 Å². The van der Waals surface area contributed by atoms with Crippen molar-refractivity contribution in [3.63, 3.8) is 0 Å². The molecule has 2 unspecified atom stereocenters. The van der Waals surface area contributed by atoms with Crippen LogP contribution in [0.5, 0.6) is 0 Å². The Kier molecular flexibility index (Phi) is 5.50. The van der Waals surface area contributed by atoms with Crippen LogP contribution in [0.1, 0.15) is 44.5 Å². The van der Waals surface area contributed by atoms with Crippen LogP contribution in [0.3, 0.4) is 0 Å². The Morgan fingerprint density at radius 3 is 2.24 bits per heavy atom. The number of hydrogen-bond donors (Lipinski definition) is 2. The smallest absolute Gasteiger partial charge is 0.321 e. The van der Waals surface area contributed by atoms with Crippen LogP contribution in [-0.2, 0) is 4.79 Å². The first-order valence-electron chi connectivity index (χ1n) is 8.51. The molecule has 2 atom stereocenters. The second kappa shape index (κ2) is 7.25. The quantitative estimate of drug-likeness (QED) is 0.820. The number of hydrogen-bond acceptors (Lipinski definition) is 3. The number of anilines is 1. The summed E-state index contributed by atoms with van der Waals surface area (Å²) >= 11 is 0. The number of carboxylic acid groups (broad SMARTS) is 1. The number of likely N-dealkylation sites (tertiary alicyclic amines) is 1. The molecule has 0 radical (unpaired) electrons. The van der Waals surface area contributed by atoms with Crippen molar-refractivity contribution in [3.8, 4) is 0 Å². The lowest BCUT2D eigenvalue weighted by atomic mass is 9.86. The molecule has 6 heteroatoms. The number of Topliss-reactive ketones (excluding diaryl/α,β-unsaturated/α-hetero) is 1. The number of benzene rings is 1. The molecule has 0 aliphatic carbocycles. The molecule has 2 N–H and O–H groups in total. The van der Waals surface area contributed by atoms with Gasteiger partial charge in [0.15, 0.2) is 5.78 Å². The van der Waals surface area contributed by atoms with Crippen LogP contribution in [0.25, 0.3) is 0 Å². The zero-order chi connectivity index (χ0) is 18.8. The van der Waals surface area contributed by atoms with Crippen molar-refractivity contribution in [2.45, 2.75) is 34.1 Å². The Hall–Kier alpha value is -2.37. The van der Waals surface area contributed by atoms with Gasteiger partial charge in [-0.15, -0.1) is 0 Å². The second-order valence-corrected chi connectivity index (χ2v) is 7.87. The fourth-order valence-corrected chi connectivity index (χ4v) is 3.04. The third kappa shape index (κ3) is 4.81. The molecule has 0 aromatic heterocycles. The lowest BCUT2D eigenvalue weighted by Gasteiger charge is -2.34. The van der Waals surface area contributed by atoms with Gasteiger partial charge in [-0.05, 0) is 36.6 Å². The van der Waals surface area contributed by atoms with E-state index in [1.807, 2.05) is 27.7 Å². The van der Waals surface area contributed by atoms with Gasteiger partial charge in [-0.25, -0.2) is 4.79 Å². The maximum atomic E-state index is 12.4. The van der Waals surface area contributed by atoms with E-state index >= 15 is 0 Å². The van der Waals surface area contributed by atoms with Gasteiger partial charge in [-0.2, -0.15) is 0 Å². The first-order valence-corrected chi connectivity index (χ1v) is 8.51. The maximum Gasteiger partial charge on any atom is 0.321 e. The number of ketones is 1. The van der Waals surface area contributed by atoms with Crippen molar-refractivity contribution in [3.05, 3.63) is 29.8 Å². The number of carbonyl (C=O) groups is 3. The Morgan fingerprint density at radius 1 is 1.12 bits per heavy atom. The molecule has 1 heterocycles. The van der Waals surface area contributed by atoms with Crippen LogP contribution < -0.4 is 5.32 Å². The van der Waals surface area contributed by atoms with E-state index < -0.39 is 17.3 Å². The van der Waals surface area contributed by atoms with Gasteiger partial charge >= 0.3 is 12.0 Å². The monoisotopic (exact) mass is 346 g/mol. The normalized spacial score (nSPS) is 20.9. The van der Waals surface area contributed by atoms with E-state index in [1.165, 1.54) is 0 Å². The van der Waals surface area contributed by atoms with E-state index in [0.717, 1.165) is 0 Å². The van der Waals surface area contributed by atoms with E-state index in [-0.39, 0.29) is 24.3 Å². The summed E-state index contributed by atoms with van der Waals surface area (Å²) in [6, 6.07) is 6.47. The summed E-state index contributed by atoms with van der Waals surface area (Å²) in [5.74, 6) is -1.21. The molecule has 0 saturated carbocycles. The fourth-order valence-electron chi connectivity index (χ4n) is 3.04. The highest BCUT2D eigenvalue weighted by Crippen LogP contribution is 2.24. The molecule has 1 aromatic carbocycles. The molecule has 1 saturated heterocycles. The van der Waals surface area contributed by atoms with Gasteiger partial charge in [0.05, 0.1) is 5.92 Å². The highest BCUT2D eigenvalue weighted by molar-refractivity contribution is 6.00. The maximum absolute atomic E-state index is 12.4. The third-order valence-electron chi connectivity index (χ3n) is 4.38. The summed E-state index contributed by atoms with van der Waals surface area (Å²) in [6.45, 7) is 8.29. The standard InChI is InChI=1S/C19H26N2O4/c1-12-9-14(17(23)24)11-21(10-12)18(25)20-15-7-5-13(6-8-15)16(22)19(2,3)4/h5-8,12,14H,9-11H2,1-4H3,(H,20,25)(H,23,24). The molecule has 1 fully saturated rings. The molecule has 0 spiro atoms. The summed E-state index contributed by atoms with van der Waals surface area (Å²) in [5.41, 5.74) is 0.726. The molecule has 136 valence electrons. The minimum atomic E-state index is -0.866. The van der Waals surface area contributed by atoms with Crippen molar-refractivity contribution in [1.29, 1.82) is 0 Å². The zero-order valence-electron chi connectivity index (χ0n) is 15.2. The second-order valence-electron chi connectivity index (χ2n) is 7.87. The molecule has 2 amide bonds. The number of nitrogens with zero attached hydrogens (tertiary/aromatic N) is 1. The number of nitrogens with one attached hydrogen (secondary N) is 1. The van der Waals surface area contributed by atoms with Gasteiger partial charge in [0, 0.05) is 29.8 Å². The van der Waals surface area contributed by atoms with Crippen LogP contribution in [0.15, 0.2) is 24.3 Å². The van der Waals surface area contributed by atoms with Crippen LogP contribution in [0, 0.1) is 17.3 Å². The molecule has 2 rings (SSSR count). The van der Waals surface area contributed by atoms with Crippen LogP contribution in [0.4, 0.5) is 10.5 Å². The number of carboxylic acids is 1. The van der Waals surface area contributed by atoms with Gasteiger partial charge in [-0.3, -0.25) is 9.59 Å². The van der Waals surface area contributed by atoms with Crippen molar-refractivity contribution in [1.82, 2.24) is 4.90 Å². The summed E-state index contributed by atoms with van der Waals surface area (Å²) < 4.78 is 0. The van der Waals surface area contributed by atoms with Gasteiger partial charge in [0.25, 0.3) is 0 Å². The van der Waals surface area contributed by atoms with Crippen molar-refractivity contribution < 1.29 is 19.5 Å². The predicted molar refractivity (Wildman–Crippen MR) is 95.7 cm³/mol. The average molecular weight is 346 g/mol. The number of amides is 2. The summed E-state index contributed by atoms with van der Waals surface area (Å²) in [6.07, 6.45) is 0.586. The topological polar surface area (TPSA) is 86.7 Å². The highest BCUT2D eigenvalue weighted by Gasteiger charge is 2.32. The molecular weight excluding hydrogens is 320 g/mol. The minimum Gasteiger partial charge on any atom is -0.481 e. The number of urea groups is 1. The fraction of sp³-hybridized carbons (Fsp3) is 0.526. The van der Waals surface area contributed by atoms with Gasteiger partial charge in [0.1, 0.15) is 0 Å². The third-order valence-corrected chi connectivity index (χ3v) is 4.38. The number of carbonyl (C=O) groups excluding carboxylic acids is 2. The SMILES string of the molecule is CC1CC(C(=O)O)CN(C(=O)Nc2ccc(C(=O)C(C)(C)C)cc2)C1. The Morgan fingerprint density at radius 2 is 1.72 bits per heavy atom. The minimum absolute atomic E-state index is 0.0412. The number of rotatable bonds is 3. The van der Waals surface area contributed by atoms with Gasteiger partial charge in [0.2, 0.25) is 0 Å². The largest absolute Gasteiger partial charge is 0.481 e. The molecule has 6 nitrogen and oxygen atoms in total. The summed E-state index contributed by atoms with van der Waals surface area (Å²) in [7, 11) is 0. The summed E-state index contributed by atoms with van der Waals surface area (Å²) in [5, 5.41) is 12.0. The highest BCUT2D eigenvalue weighted by atomic mass is 16.4. The lowest BCUT2D eigenvalue weighted by molar-refractivity contribution is -0.143. The Bertz CT molecular complexity index is 661. The molecular formula is C19H26N2O4. The molecule has 1 aromatic rings. The molecule has 1 aliphatic heterocycles. The van der Waals surface area contributed by atoms with Crippen LogP contribution >= 0.6 is 0 Å². The Balaban J connectivity index is 2.03. The molecule has 1 aliphatic rings. The average Bonchev–Trinajstić information content (AvgIpc) is 2.53. The first-order chi connectivity index (χ1) is 11.6. The van der Waals surface area contributed by atoms with E-state index in [1.54, 1.807) is 29.2 Å². The molecule has 0 bridgehead atoms. The van der Waals surface area contributed by atoms with Crippen LogP contribution in [0.2, 0.25) is 0 Å². The van der Waals surface area contributed by atoms with E-state index in [2.05, 4.69) is 5.32 Å². The van der Waals surface area contributed by atoms with Crippen molar-refractivity contribution >= 4 is 23.5 Å². The van der Waals surface area contributed by atoms with Gasteiger partial charge in [-0.1, -0.05) is 27.7 Å².